The minimum atomic E-state index is -0.309. The molecular weight excluding hydrogens is 286 g/mol. The minimum absolute atomic E-state index is 0.220. The summed E-state index contributed by atoms with van der Waals surface area (Å²) >= 11 is 1.38. The third-order valence-electron chi connectivity index (χ3n) is 3.17. The van der Waals surface area contributed by atoms with Crippen molar-refractivity contribution in [3.8, 4) is 0 Å². The molecule has 0 atom stereocenters. The molecule has 1 N–H and O–H groups in total. The van der Waals surface area contributed by atoms with Crippen LogP contribution in [-0.4, -0.2) is 15.3 Å². The van der Waals surface area contributed by atoms with Crippen LogP contribution in [0.4, 0.5) is 5.69 Å². The first-order valence-corrected chi connectivity index (χ1v) is 7.29. The highest BCUT2D eigenvalue weighted by atomic mass is 32.1. The maximum atomic E-state index is 12.4. The van der Waals surface area contributed by atoms with Crippen LogP contribution in [0.15, 0.2) is 40.6 Å². The van der Waals surface area contributed by atoms with Crippen LogP contribution in [0.1, 0.15) is 21.6 Å². The van der Waals surface area contributed by atoms with E-state index in [1.165, 1.54) is 15.7 Å². The summed E-state index contributed by atoms with van der Waals surface area (Å²) in [5.41, 5.74) is 1.98. The topological polar surface area (TPSA) is 63.5 Å². The Morgan fingerprint density at radius 3 is 2.90 bits per heavy atom. The fourth-order valence-corrected chi connectivity index (χ4v) is 2.85. The largest absolute Gasteiger partial charge is 0.316 e. The van der Waals surface area contributed by atoms with Crippen molar-refractivity contribution < 1.29 is 4.79 Å². The summed E-state index contributed by atoms with van der Waals surface area (Å²) < 4.78 is 1.43. The smallest absolute Gasteiger partial charge is 0.282 e. The molecule has 1 aromatic carbocycles. The standard InChI is InChI=1S/C15H13N3O2S/c1-9-4-3-5-11(8-9)13(19)17-12-10(2)16-15-18(14(12)20)6-7-21-15/h3-8H,1-2H3,(H,17,19). The van der Waals surface area contributed by atoms with Gasteiger partial charge in [0.05, 0.1) is 5.69 Å². The van der Waals surface area contributed by atoms with Crippen LogP contribution >= 0.6 is 11.3 Å². The highest BCUT2D eigenvalue weighted by molar-refractivity contribution is 7.15. The van der Waals surface area contributed by atoms with E-state index in [1.807, 2.05) is 19.1 Å². The zero-order chi connectivity index (χ0) is 15.0. The first-order valence-electron chi connectivity index (χ1n) is 6.41. The minimum Gasteiger partial charge on any atom is -0.316 e. The average Bonchev–Trinajstić information content (AvgIpc) is 2.91. The van der Waals surface area contributed by atoms with Gasteiger partial charge in [-0.2, -0.15) is 0 Å². The lowest BCUT2D eigenvalue weighted by Crippen LogP contribution is -2.24. The maximum absolute atomic E-state index is 12.4. The van der Waals surface area contributed by atoms with E-state index in [2.05, 4.69) is 10.3 Å². The Kier molecular flexibility index (Phi) is 3.31. The number of thiazole rings is 1. The summed E-state index contributed by atoms with van der Waals surface area (Å²) in [5, 5.41) is 4.46. The number of anilines is 1. The van der Waals surface area contributed by atoms with Gasteiger partial charge in [-0.15, -0.1) is 11.3 Å². The zero-order valence-electron chi connectivity index (χ0n) is 11.6. The quantitative estimate of drug-likeness (QED) is 0.791. The summed E-state index contributed by atoms with van der Waals surface area (Å²) in [5.74, 6) is -0.309. The van der Waals surface area contributed by atoms with E-state index in [-0.39, 0.29) is 17.2 Å². The first-order chi connectivity index (χ1) is 10.1. The molecule has 0 aliphatic heterocycles. The highest BCUT2D eigenvalue weighted by Gasteiger charge is 2.14. The molecule has 0 fully saturated rings. The van der Waals surface area contributed by atoms with E-state index in [9.17, 15) is 9.59 Å². The third kappa shape index (κ3) is 2.45. The van der Waals surface area contributed by atoms with Gasteiger partial charge in [0, 0.05) is 17.1 Å². The predicted molar refractivity (Wildman–Crippen MR) is 83.2 cm³/mol. The number of hydrogen-bond donors (Lipinski definition) is 1. The Hall–Kier alpha value is -2.47. The monoisotopic (exact) mass is 299 g/mol. The van der Waals surface area contributed by atoms with Crippen LogP contribution in [0, 0.1) is 13.8 Å². The van der Waals surface area contributed by atoms with Gasteiger partial charge in [0.1, 0.15) is 5.69 Å². The molecule has 0 spiro atoms. The van der Waals surface area contributed by atoms with E-state index in [1.54, 1.807) is 30.6 Å². The molecule has 106 valence electrons. The molecule has 2 aromatic heterocycles. The van der Waals surface area contributed by atoms with Crippen LogP contribution < -0.4 is 10.9 Å². The van der Waals surface area contributed by atoms with Gasteiger partial charge in [-0.3, -0.25) is 14.0 Å². The number of hydrogen-bond acceptors (Lipinski definition) is 4. The zero-order valence-corrected chi connectivity index (χ0v) is 12.4. The van der Waals surface area contributed by atoms with Gasteiger partial charge in [0.15, 0.2) is 4.96 Å². The van der Waals surface area contributed by atoms with Gasteiger partial charge in [-0.05, 0) is 26.0 Å². The van der Waals surface area contributed by atoms with Crippen LogP contribution in [-0.2, 0) is 0 Å². The highest BCUT2D eigenvalue weighted by Crippen LogP contribution is 2.14. The van der Waals surface area contributed by atoms with Crippen molar-refractivity contribution in [2.75, 3.05) is 5.32 Å². The first kappa shape index (κ1) is 13.5. The Morgan fingerprint density at radius 2 is 2.14 bits per heavy atom. The summed E-state index contributed by atoms with van der Waals surface area (Å²) in [6.45, 7) is 3.63. The number of nitrogens with one attached hydrogen (secondary N) is 1. The van der Waals surface area contributed by atoms with Gasteiger partial charge >= 0.3 is 0 Å². The second-order valence-electron chi connectivity index (χ2n) is 4.76. The summed E-state index contributed by atoms with van der Waals surface area (Å²) in [6, 6.07) is 7.21. The molecule has 3 aromatic rings. The molecule has 0 radical (unpaired) electrons. The average molecular weight is 299 g/mol. The van der Waals surface area contributed by atoms with E-state index < -0.39 is 0 Å². The Morgan fingerprint density at radius 1 is 1.33 bits per heavy atom. The molecule has 5 nitrogen and oxygen atoms in total. The maximum Gasteiger partial charge on any atom is 0.282 e. The molecule has 0 unspecified atom stereocenters. The Bertz CT molecular complexity index is 895. The molecule has 0 bridgehead atoms. The summed E-state index contributed by atoms with van der Waals surface area (Å²) in [4.78, 5) is 29.6. The number of fused-ring (bicyclic) bond motifs is 1. The SMILES string of the molecule is Cc1cccc(C(=O)Nc2c(C)nc3sccn3c2=O)c1. The van der Waals surface area contributed by atoms with Crippen LogP contribution in [0.3, 0.4) is 0 Å². The van der Waals surface area contributed by atoms with Crippen molar-refractivity contribution >= 4 is 27.9 Å². The molecule has 0 aliphatic rings. The molecule has 0 aliphatic carbocycles. The van der Waals surface area contributed by atoms with Crippen LogP contribution in [0.2, 0.25) is 0 Å². The number of carbonyl (C=O) groups is 1. The molecule has 0 saturated carbocycles. The lowest BCUT2D eigenvalue weighted by atomic mass is 10.1. The lowest BCUT2D eigenvalue weighted by molar-refractivity contribution is 0.102. The van der Waals surface area contributed by atoms with Crippen molar-refractivity contribution in [2.24, 2.45) is 0 Å². The van der Waals surface area contributed by atoms with Crippen molar-refractivity contribution in [3.63, 3.8) is 0 Å². The summed E-state index contributed by atoms with van der Waals surface area (Å²) in [7, 11) is 0. The van der Waals surface area contributed by atoms with Gasteiger partial charge < -0.3 is 5.32 Å². The number of amides is 1. The molecule has 6 heteroatoms. The lowest BCUT2D eigenvalue weighted by Gasteiger charge is -2.08. The number of nitrogens with zero attached hydrogens (tertiary/aromatic N) is 2. The van der Waals surface area contributed by atoms with E-state index >= 15 is 0 Å². The fraction of sp³-hybridized carbons (Fsp3) is 0.133. The Labute approximate surface area is 124 Å². The third-order valence-corrected chi connectivity index (χ3v) is 3.92. The number of carbonyl (C=O) groups excluding carboxylic acids is 1. The van der Waals surface area contributed by atoms with Gasteiger partial charge in [0.25, 0.3) is 11.5 Å². The van der Waals surface area contributed by atoms with Crippen molar-refractivity contribution in [2.45, 2.75) is 13.8 Å². The van der Waals surface area contributed by atoms with Crippen molar-refractivity contribution in [1.29, 1.82) is 0 Å². The molecule has 1 amide bonds. The van der Waals surface area contributed by atoms with Crippen LogP contribution in [0.25, 0.3) is 4.96 Å². The van der Waals surface area contributed by atoms with Gasteiger partial charge in [-0.1, -0.05) is 17.7 Å². The molecular formula is C15H13N3O2S. The van der Waals surface area contributed by atoms with Crippen LogP contribution in [0.5, 0.6) is 0 Å². The van der Waals surface area contributed by atoms with Crippen molar-refractivity contribution in [1.82, 2.24) is 9.38 Å². The second kappa shape index (κ2) is 5.14. The van der Waals surface area contributed by atoms with Crippen molar-refractivity contribution in [3.05, 3.63) is 63.0 Å². The molecule has 21 heavy (non-hydrogen) atoms. The molecule has 3 rings (SSSR count). The second-order valence-corrected chi connectivity index (χ2v) is 5.63. The fourth-order valence-electron chi connectivity index (χ4n) is 2.10. The Balaban J connectivity index is 2.02. The normalized spacial score (nSPS) is 10.8. The number of rotatable bonds is 2. The number of benzene rings is 1. The predicted octanol–water partition coefficient (Wildman–Crippen LogP) is 2.63. The van der Waals surface area contributed by atoms with Gasteiger partial charge in [-0.25, -0.2) is 4.98 Å². The van der Waals surface area contributed by atoms with E-state index in [4.69, 9.17) is 0 Å². The van der Waals surface area contributed by atoms with E-state index in [0.29, 0.717) is 16.2 Å². The van der Waals surface area contributed by atoms with Gasteiger partial charge in [0.2, 0.25) is 0 Å². The number of aromatic nitrogens is 2. The van der Waals surface area contributed by atoms with E-state index in [0.717, 1.165) is 5.56 Å². The molecule has 0 saturated heterocycles. The molecule has 2 heterocycles. The number of aryl methyl sites for hydroxylation is 2. The summed E-state index contributed by atoms with van der Waals surface area (Å²) in [6.07, 6.45) is 1.65.